The molecule has 21 heavy (non-hydrogen) atoms. The largest absolute Gasteiger partial charge is 0.513 e. The van der Waals surface area contributed by atoms with E-state index in [1.54, 1.807) is 26.0 Å². The first-order valence-electron chi connectivity index (χ1n) is 6.62. The molecule has 0 aliphatic rings. The first kappa shape index (κ1) is 16.8. The Morgan fingerprint density at radius 1 is 1.00 bits per heavy atom. The molecule has 2 N–H and O–H groups in total. The van der Waals surface area contributed by atoms with Crippen LogP contribution >= 0.6 is 0 Å². The molecule has 0 fully saturated rings. The fourth-order valence-corrected chi connectivity index (χ4v) is 1.51. The zero-order chi connectivity index (χ0) is 15.7. The van der Waals surface area contributed by atoms with Crippen molar-refractivity contribution in [2.45, 2.75) is 20.3 Å². The summed E-state index contributed by atoms with van der Waals surface area (Å²) in [6.45, 7) is 4.11. The number of ether oxygens (including phenoxy) is 4. The van der Waals surface area contributed by atoms with Crippen molar-refractivity contribution in [2.75, 3.05) is 19.8 Å². The minimum Gasteiger partial charge on any atom is -0.434 e. The van der Waals surface area contributed by atoms with E-state index < -0.39 is 12.3 Å². The second kappa shape index (κ2) is 8.80. The minimum atomic E-state index is -0.879. The lowest BCUT2D eigenvalue weighted by molar-refractivity contribution is 0.0939. The number of hydrogen-bond acceptors (Lipinski definition) is 7. The van der Waals surface area contributed by atoms with Gasteiger partial charge in [-0.3, -0.25) is 0 Å². The predicted octanol–water partition coefficient (Wildman–Crippen LogP) is 2.26. The average molecular weight is 297 g/mol. The van der Waals surface area contributed by atoms with Crippen LogP contribution in [-0.2, 0) is 15.9 Å². The zero-order valence-electron chi connectivity index (χ0n) is 12.1. The number of benzene rings is 1. The van der Waals surface area contributed by atoms with Gasteiger partial charge in [0, 0.05) is 0 Å². The molecule has 7 heteroatoms. The van der Waals surface area contributed by atoms with E-state index in [1.807, 2.05) is 0 Å². The highest BCUT2D eigenvalue weighted by Crippen LogP contribution is 2.29. The molecule has 0 saturated heterocycles. The molecule has 1 rings (SSSR count). The molecule has 7 nitrogen and oxygen atoms in total. The van der Waals surface area contributed by atoms with Gasteiger partial charge in [0.2, 0.25) is 0 Å². The van der Waals surface area contributed by atoms with Crippen molar-refractivity contribution in [2.24, 2.45) is 5.73 Å². The third kappa shape index (κ3) is 5.70. The number of carbonyl (C=O) groups is 2. The molecular weight excluding hydrogens is 278 g/mol. The SMILES string of the molecule is CCOC(=O)Oc1ccc(CCN)cc1OC(=O)OCC. The summed E-state index contributed by atoms with van der Waals surface area (Å²) in [7, 11) is 0. The van der Waals surface area contributed by atoms with Gasteiger partial charge in [-0.15, -0.1) is 0 Å². The Kier molecular flexibility index (Phi) is 7.03. The van der Waals surface area contributed by atoms with Gasteiger partial charge >= 0.3 is 12.3 Å². The average Bonchev–Trinajstić information content (AvgIpc) is 2.42. The molecule has 0 spiro atoms. The van der Waals surface area contributed by atoms with Crippen LogP contribution < -0.4 is 15.2 Å². The molecule has 0 aliphatic heterocycles. The molecule has 1 aromatic carbocycles. The lowest BCUT2D eigenvalue weighted by Gasteiger charge is -2.11. The summed E-state index contributed by atoms with van der Waals surface area (Å²) in [5.41, 5.74) is 6.32. The standard InChI is InChI=1S/C14H19NO6/c1-3-18-13(16)20-11-6-5-10(7-8-15)9-12(11)21-14(17)19-4-2/h5-6,9H,3-4,7-8,15H2,1-2H3. The molecular formula is C14H19NO6. The first-order chi connectivity index (χ1) is 10.1. The third-order valence-electron chi connectivity index (χ3n) is 2.35. The summed E-state index contributed by atoms with van der Waals surface area (Å²) >= 11 is 0. The molecule has 0 atom stereocenters. The Morgan fingerprint density at radius 3 is 2.10 bits per heavy atom. The highest BCUT2D eigenvalue weighted by atomic mass is 16.7. The maximum absolute atomic E-state index is 11.4. The molecule has 1 aromatic rings. The Labute approximate surface area is 122 Å². The number of nitrogens with two attached hydrogens (primary N) is 1. The summed E-state index contributed by atoms with van der Waals surface area (Å²) in [6.07, 6.45) is -1.16. The zero-order valence-corrected chi connectivity index (χ0v) is 12.1. The van der Waals surface area contributed by atoms with E-state index in [2.05, 4.69) is 4.74 Å². The highest BCUT2D eigenvalue weighted by molar-refractivity contribution is 5.69. The quantitative estimate of drug-likeness (QED) is 0.635. The maximum Gasteiger partial charge on any atom is 0.513 e. The number of carbonyl (C=O) groups excluding carboxylic acids is 2. The monoisotopic (exact) mass is 297 g/mol. The predicted molar refractivity (Wildman–Crippen MR) is 74.5 cm³/mol. The number of rotatable bonds is 6. The second-order valence-corrected chi connectivity index (χ2v) is 3.89. The van der Waals surface area contributed by atoms with E-state index in [9.17, 15) is 9.59 Å². The molecule has 0 unspecified atom stereocenters. The van der Waals surface area contributed by atoms with Crippen molar-refractivity contribution in [3.8, 4) is 11.5 Å². The molecule has 0 amide bonds. The van der Waals surface area contributed by atoms with Gasteiger partial charge in [0.05, 0.1) is 13.2 Å². The summed E-state index contributed by atoms with van der Waals surface area (Å²) < 4.78 is 19.4. The van der Waals surface area contributed by atoms with Crippen LogP contribution in [0.25, 0.3) is 0 Å². The van der Waals surface area contributed by atoms with Crippen LogP contribution in [0.15, 0.2) is 18.2 Å². The van der Waals surface area contributed by atoms with Gasteiger partial charge in [0.1, 0.15) is 0 Å². The molecule has 0 aromatic heterocycles. The van der Waals surface area contributed by atoms with Crippen molar-refractivity contribution in [3.05, 3.63) is 23.8 Å². The van der Waals surface area contributed by atoms with Gasteiger partial charge in [-0.2, -0.15) is 0 Å². The van der Waals surface area contributed by atoms with E-state index in [-0.39, 0.29) is 24.7 Å². The van der Waals surface area contributed by atoms with E-state index in [0.717, 1.165) is 5.56 Å². The fraction of sp³-hybridized carbons (Fsp3) is 0.429. The lowest BCUT2D eigenvalue weighted by atomic mass is 10.1. The van der Waals surface area contributed by atoms with E-state index in [4.69, 9.17) is 19.9 Å². The molecule has 0 heterocycles. The minimum absolute atomic E-state index is 0.0716. The van der Waals surface area contributed by atoms with Crippen molar-refractivity contribution in [3.63, 3.8) is 0 Å². The molecule has 0 radical (unpaired) electrons. The molecule has 0 bridgehead atoms. The van der Waals surface area contributed by atoms with E-state index in [1.165, 1.54) is 6.07 Å². The van der Waals surface area contributed by atoms with Crippen molar-refractivity contribution < 1.29 is 28.5 Å². The summed E-state index contributed by atoms with van der Waals surface area (Å²) in [5, 5.41) is 0. The Balaban J connectivity index is 2.93. The third-order valence-corrected chi connectivity index (χ3v) is 2.35. The normalized spacial score (nSPS) is 9.86. The van der Waals surface area contributed by atoms with Crippen molar-refractivity contribution in [1.82, 2.24) is 0 Å². The summed E-state index contributed by atoms with van der Waals surface area (Å²) in [5.74, 6) is 0.148. The van der Waals surface area contributed by atoms with Gasteiger partial charge in [-0.05, 0) is 44.5 Å². The van der Waals surface area contributed by atoms with Crippen LogP contribution in [0.4, 0.5) is 9.59 Å². The van der Waals surface area contributed by atoms with Crippen molar-refractivity contribution in [1.29, 1.82) is 0 Å². The van der Waals surface area contributed by atoms with Gasteiger partial charge in [-0.1, -0.05) is 6.07 Å². The Hall–Kier alpha value is -2.28. The van der Waals surface area contributed by atoms with Crippen LogP contribution in [0.2, 0.25) is 0 Å². The van der Waals surface area contributed by atoms with Gasteiger partial charge in [0.25, 0.3) is 0 Å². The van der Waals surface area contributed by atoms with Crippen LogP contribution in [0.5, 0.6) is 11.5 Å². The second-order valence-electron chi connectivity index (χ2n) is 3.89. The molecule has 0 saturated carbocycles. The first-order valence-corrected chi connectivity index (χ1v) is 6.62. The Morgan fingerprint density at radius 2 is 1.57 bits per heavy atom. The van der Waals surface area contributed by atoms with Crippen LogP contribution in [0, 0.1) is 0 Å². The Bertz CT molecular complexity index is 488. The fourth-order valence-electron chi connectivity index (χ4n) is 1.51. The number of hydrogen-bond donors (Lipinski definition) is 1. The molecule has 0 aliphatic carbocycles. The van der Waals surface area contributed by atoms with Gasteiger partial charge < -0.3 is 24.7 Å². The van der Waals surface area contributed by atoms with Gasteiger partial charge in [0.15, 0.2) is 11.5 Å². The van der Waals surface area contributed by atoms with Crippen molar-refractivity contribution >= 4 is 12.3 Å². The van der Waals surface area contributed by atoms with Crippen LogP contribution in [-0.4, -0.2) is 32.1 Å². The summed E-state index contributed by atoms with van der Waals surface area (Å²) in [4.78, 5) is 22.8. The summed E-state index contributed by atoms with van der Waals surface area (Å²) in [6, 6.07) is 4.80. The maximum atomic E-state index is 11.4. The van der Waals surface area contributed by atoms with Gasteiger partial charge in [-0.25, -0.2) is 9.59 Å². The smallest absolute Gasteiger partial charge is 0.434 e. The van der Waals surface area contributed by atoms with Crippen LogP contribution in [0.3, 0.4) is 0 Å². The topological polar surface area (TPSA) is 97.1 Å². The van der Waals surface area contributed by atoms with E-state index in [0.29, 0.717) is 13.0 Å². The van der Waals surface area contributed by atoms with E-state index >= 15 is 0 Å². The molecule has 116 valence electrons. The van der Waals surface area contributed by atoms with Crippen LogP contribution in [0.1, 0.15) is 19.4 Å². The highest BCUT2D eigenvalue weighted by Gasteiger charge is 2.15. The lowest BCUT2D eigenvalue weighted by Crippen LogP contribution is -2.14.